The fourth-order valence-corrected chi connectivity index (χ4v) is 2.37. The molecule has 0 aliphatic carbocycles. The molecule has 0 spiro atoms. The summed E-state index contributed by atoms with van der Waals surface area (Å²) in [6, 6.07) is 9.90. The molecule has 0 unspecified atom stereocenters. The molecular weight excluding hydrogens is 264 g/mol. The first-order chi connectivity index (χ1) is 10.2. The maximum absolute atomic E-state index is 11.1. The molecule has 0 atom stereocenters. The van der Waals surface area contributed by atoms with Gasteiger partial charge >= 0.3 is 5.97 Å². The van der Waals surface area contributed by atoms with Gasteiger partial charge in [0.1, 0.15) is 0 Å². The number of hydrogen-bond acceptors (Lipinski definition) is 2. The number of aryl methyl sites for hydroxylation is 2. The van der Waals surface area contributed by atoms with Crippen LogP contribution in [0.1, 0.15) is 54.9 Å². The van der Waals surface area contributed by atoms with Gasteiger partial charge in [-0.15, -0.1) is 0 Å². The van der Waals surface area contributed by atoms with Crippen LogP contribution < -0.4 is 0 Å². The number of aromatic nitrogens is 2. The minimum atomic E-state index is -0.981. The zero-order valence-electron chi connectivity index (χ0n) is 12.7. The van der Waals surface area contributed by atoms with Crippen LogP contribution >= 0.6 is 0 Å². The van der Waals surface area contributed by atoms with Crippen LogP contribution in [0.2, 0.25) is 0 Å². The highest BCUT2D eigenvalue weighted by Crippen LogP contribution is 2.16. The monoisotopic (exact) mass is 286 g/mol. The van der Waals surface area contributed by atoms with E-state index in [0.717, 1.165) is 30.6 Å². The molecule has 0 radical (unpaired) electrons. The third-order valence-electron chi connectivity index (χ3n) is 3.51. The molecule has 0 bridgehead atoms. The molecule has 21 heavy (non-hydrogen) atoms. The number of benzene rings is 1. The highest BCUT2D eigenvalue weighted by molar-refractivity contribution is 5.85. The van der Waals surface area contributed by atoms with Crippen molar-refractivity contribution in [2.75, 3.05) is 0 Å². The number of unbranched alkanes of at least 4 members (excludes halogenated alkanes) is 1. The van der Waals surface area contributed by atoms with Crippen molar-refractivity contribution in [1.29, 1.82) is 0 Å². The van der Waals surface area contributed by atoms with E-state index in [0.29, 0.717) is 0 Å². The first-order valence-electron chi connectivity index (χ1n) is 7.57. The standard InChI is InChI=1S/C17H22N2O2/c1-3-5-7-13-8-10-14(11-9-13)19-15(6-4-2)12-16(18-19)17(20)21/h8-12H,3-7H2,1-2H3,(H,20,21). The van der Waals surface area contributed by atoms with Crippen molar-refractivity contribution in [2.45, 2.75) is 46.0 Å². The van der Waals surface area contributed by atoms with Crippen molar-refractivity contribution in [3.63, 3.8) is 0 Å². The van der Waals surface area contributed by atoms with Gasteiger partial charge in [0, 0.05) is 5.69 Å². The van der Waals surface area contributed by atoms with Crippen LogP contribution in [0.15, 0.2) is 30.3 Å². The Morgan fingerprint density at radius 1 is 1.14 bits per heavy atom. The Bertz CT molecular complexity index is 600. The van der Waals surface area contributed by atoms with E-state index in [1.807, 2.05) is 12.1 Å². The largest absolute Gasteiger partial charge is 0.476 e. The Balaban J connectivity index is 2.29. The molecule has 0 fully saturated rings. The van der Waals surface area contributed by atoms with Crippen molar-refractivity contribution in [2.24, 2.45) is 0 Å². The van der Waals surface area contributed by atoms with Gasteiger partial charge in [0.05, 0.1) is 5.69 Å². The highest BCUT2D eigenvalue weighted by atomic mass is 16.4. The fourth-order valence-electron chi connectivity index (χ4n) is 2.37. The Morgan fingerprint density at radius 3 is 2.43 bits per heavy atom. The molecular formula is C17H22N2O2. The SMILES string of the molecule is CCCCc1ccc(-n2nc(C(=O)O)cc2CCC)cc1. The third-order valence-corrected chi connectivity index (χ3v) is 3.51. The zero-order chi connectivity index (χ0) is 15.2. The van der Waals surface area contributed by atoms with E-state index in [4.69, 9.17) is 5.11 Å². The predicted molar refractivity (Wildman–Crippen MR) is 83.1 cm³/mol. The predicted octanol–water partition coefficient (Wildman–Crippen LogP) is 3.87. The molecule has 2 aromatic rings. The zero-order valence-corrected chi connectivity index (χ0v) is 12.7. The molecule has 2 rings (SSSR count). The third kappa shape index (κ3) is 3.72. The van der Waals surface area contributed by atoms with Crippen LogP contribution in [-0.4, -0.2) is 20.9 Å². The minimum absolute atomic E-state index is 0.105. The van der Waals surface area contributed by atoms with Gasteiger partial charge in [0.2, 0.25) is 0 Å². The van der Waals surface area contributed by atoms with Crippen LogP contribution in [0, 0.1) is 0 Å². The van der Waals surface area contributed by atoms with E-state index in [-0.39, 0.29) is 5.69 Å². The molecule has 1 aromatic carbocycles. The van der Waals surface area contributed by atoms with Gasteiger partial charge in [0.25, 0.3) is 0 Å². The normalized spacial score (nSPS) is 10.8. The molecule has 1 aromatic heterocycles. The summed E-state index contributed by atoms with van der Waals surface area (Å²) < 4.78 is 1.75. The average Bonchev–Trinajstić information content (AvgIpc) is 2.90. The van der Waals surface area contributed by atoms with E-state index in [1.165, 1.54) is 18.4 Å². The molecule has 1 heterocycles. The maximum Gasteiger partial charge on any atom is 0.356 e. The summed E-state index contributed by atoms with van der Waals surface area (Å²) in [4.78, 5) is 11.1. The summed E-state index contributed by atoms with van der Waals surface area (Å²) in [6.07, 6.45) is 5.23. The molecule has 0 saturated heterocycles. The van der Waals surface area contributed by atoms with E-state index < -0.39 is 5.97 Å². The van der Waals surface area contributed by atoms with Crippen LogP contribution in [0.4, 0.5) is 0 Å². The molecule has 112 valence electrons. The summed E-state index contributed by atoms with van der Waals surface area (Å²) in [5, 5.41) is 13.3. The first-order valence-corrected chi connectivity index (χ1v) is 7.57. The second kappa shape index (κ2) is 7.07. The summed E-state index contributed by atoms with van der Waals surface area (Å²) in [7, 11) is 0. The molecule has 0 aliphatic heterocycles. The number of hydrogen-bond donors (Lipinski definition) is 1. The number of nitrogens with zero attached hydrogens (tertiary/aromatic N) is 2. The molecule has 0 aliphatic rings. The highest BCUT2D eigenvalue weighted by Gasteiger charge is 2.13. The topological polar surface area (TPSA) is 55.1 Å². The summed E-state index contributed by atoms with van der Waals surface area (Å²) in [5.74, 6) is -0.981. The van der Waals surface area contributed by atoms with Gasteiger partial charge in [-0.25, -0.2) is 9.48 Å². The van der Waals surface area contributed by atoms with Crippen molar-refractivity contribution < 1.29 is 9.90 Å². The number of rotatable bonds is 7. The quantitative estimate of drug-likeness (QED) is 0.840. The van der Waals surface area contributed by atoms with Crippen LogP contribution in [0.25, 0.3) is 5.69 Å². The van der Waals surface area contributed by atoms with E-state index in [9.17, 15) is 4.79 Å². The molecule has 4 nitrogen and oxygen atoms in total. The number of carboxylic acid groups (broad SMARTS) is 1. The van der Waals surface area contributed by atoms with Gasteiger partial charge in [-0.2, -0.15) is 5.10 Å². The molecule has 4 heteroatoms. The van der Waals surface area contributed by atoms with Gasteiger partial charge in [-0.05, 0) is 43.0 Å². The fraction of sp³-hybridized carbons (Fsp3) is 0.412. The Morgan fingerprint density at radius 2 is 1.86 bits per heavy atom. The van der Waals surface area contributed by atoms with Crippen LogP contribution in [0.5, 0.6) is 0 Å². The second-order valence-electron chi connectivity index (χ2n) is 5.26. The first kappa shape index (κ1) is 15.3. The van der Waals surface area contributed by atoms with E-state index in [2.05, 4.69) is 31.1 Å². The smallest absolute Gasteiger partial charge is 0.356 e. The lowest BCUT2D eigenvalue weighted by atomic mass is 10.1. The van der Waals surface area contributed by atoms with Gasteiger partial charge in [0.15, 0.2) is 5.69 Å². The second-order valence-corrected chi connectivity index (χ2v) is 5.26. The lowest BCUT2D eigenvalue weighted by Gasteiger charge is -2.07. The number of carbonyl (C=O) groups is 1. The maximum atomic E-state index is 11.1. The lowest BCUT2D eigenvalue weighted by molar-refractivity contribution is 0.0690. The number of carboxylic acids is 1. The van der Waals surface area contributed by atoms with E-state index >= 15 is 0 Å². The van der Waals surface area contributed by atoms with Crippen LogP contribution in [-0.2, 0) is 12.8 Å². The van der Waals surface area contributed by atoms with Crippen molar-refractivity contribution in [3.8, 4) is 5.69 Å². The molecule has 0 saturated carbocycles. The average molecular weight is 286 g/mol. The lowest BCUT2D eigenvalue weighted by Crippen LogP contribution is -2.04. The van der Waals surface area contributed by atoms with Crippen molar-refractivity contribution in [3.05, 3.63) is 47.3 Å². The Hall–Kier alpha value is -2.10. The van der Waals surface area contributed by atoms with Crippen molar-refractivity contribution >= 4 is 5.97 Å². The number of aromatic carboxylic acids is 1. The Kier molecular flexibility index (Phi) is 5.14. The summed E-state index contributed by atoms with van der Waals surface area (Å²) in [5.41, 5.74) is 3.28. The molecule has 0 amide bonds. The van der Waals surface area contributed by atoms with Gasteiger partial charge in [-0.1, -0.05) is 38.8 Å². The summed E-state index contributed by atoms with van der Waals surface area (Å²) in [6.45, 7) is 4.26. The van der Waals surface area contributed by atoms with Gasteiger partial charge in [-0.3, -0.25) is 0 Å². The summed E-state index contributed by atoms with van der Waals surface area (Å²) >= 11 is 0. The minimum Gasteiger partial charge on any atom is -0.476 e. The van der Waals surface area contributed by atoms with Crippen molar-refractivity contribution in [1.82, 2.24) is 9.78 Å². The van der Waals surface area contributed by atoms with E-state index in [1.54, 1.807) is 10.7 Å². The van der Waals surface area contributed by atoms with Crippen LogP contribution in [0.3, 0.4) is 0 Å². The molecule has 1 N–H and O–H groups in total. The van der Waals surface area contributed by atoms with Gasteiger partial charge < -0.3 is 5.11 Å². The Labute approximate surface area is 125 Å².